The fraction of sp³-hybridized carbons (Fsp3) is 0.524. The zero-order chi connectivity index (χ0) is 19.4. The van der Waals surface area contributed by atoms with Gasteiger partial charge in [0.25, 0.3) is 0 Å². The van der Waals surface area contributed by atoms with Gasteiger partial charge in [-0.15, -0.1) is 0 Å². The fourth-order valence-electron chi connectivity index (χ4n) is 3.64. The van der Waals surface area contributed by atoms with Crippen molar-refractivity contribution in [1.82, 2.24) is 15.1 Å². The Kier molecular flexibility index (Phi) is 6.16. The van der Waals surface area contributed by atoms with Gasteiger partial charge in [-0.1, -0.05) is 13.8 Å². The molecule has 1 unspecified atom stereocenters. The molecular weight excluding hydrogens is 342 g/mol. The number of hydrogen-bond donors (Lipinski definition) is 1. The summed E-state index contributed by atoms with van der Waals surface area (Å²) in [7, 11) is 3.18. The molecule has 6 heteroatoms. The second-order valence-corrected chi connectivity index (χ2v) is 7.48. The van der Waals surface area contributed by atoms with E-state index in [9.17, 15) is 4.79 Å². The lowest BCUT2D eigenvalue weighted by Gasteiger charge is -2.31. The third kappa shape index (κ3) is 4.50. The van der Waals surface area contributed by atoms with E-state index in [0.717, 1.165) is 43.9 Å². The first-order valence-corrected chi connectivity index (χ1v) is 9.54. The van der Waals surface area contributed by atoms with Crippen molar-refractivity contribution in [3.8, 4) is 11.5 Å². The summed E-state index contributed by atoms with van der Waals surface area (Å²) in [5.74, 6) is 1.82. The lowest BCUT2D eigenvalue weighted by Crippen LogP contribution is -2.38. The highest BCUT2D eigenvalue weighted by atomic mass is 16.5. The number of rotatable bonds is 7. The van der Waals surface area contributed by atoms with Crippen LogP contribution in [0.3, 0.4) is 0 Å². The summed E-state index contributed by atoms with van der Waals surface area (Å²) in [6, 6.07) is 7.53. The minimum atomic E-state index is 0.00402. The Bertz CT molecular complexity index is 785. The molecule has 0 amide bonds. The Hall–Kier alpha value is -2.34. The number of H-pyrrole nitrogens is 1. The quantitative estimate of drug-likeness (QED) is 0.753. The van der Waals surface area contributed by atoms with E-state index in [1.165, 1.54) is 0 Å². The smallest absolute Gasteiger partial charge is 0.167 e. The standard InChI is InChI=1S/C21H29N3O3/c1-14(2)18-11-17(22-23-18)13-24-9-5-6-16(12-24)21(25)15-7-8-19(26-3)20(10-15)27-4/h7-8,10-11,14,16H,5-6,9,12-13H2,1-4H3,(H,22,23). The molecule has 0 saturated carbocycles. The van der Waals surface area contributed by atoms with Gasteiger partial charge in [-0.3, -0.25) is 14.8 Å². The summed E-state index contributed by atoms with van der Waals surface area (Å²) >= 11 is 0. The first-order chi connectivity index (χ1) is 13.0. The number of methoxy groups -OCH3 is 2. The van der Waals surface area contributed by atoms with Crippen molar-refractivity contribution in [1.29, 1.82) is 0 Å². The van der Waals surface area contributed by atoms with Gasteiger partial charge in [0, 0.05) is 30.3 Å². The van der Waals surface area contributed by atoms with Gasteiger partial charge in [0.15, 0.2) is 17.3 Å². The topological polar surface area (TPSA) is 67.5 Å². The second kappa shape index (κ2) is 8.57. The summed E-state index contributed by atoms with van der Waals surface area (Å²) in [4.78, 5) is 15.4. The van der Waals surface area contributed by atoms with Crippen LogP contribution in [0, 0.1) is 5.92 Å². The van der Waals surface area contributed by atoms with Crippen molar-refractivity contribution in [2.45, 2.75) is 39.2 Å². The molecule has 1 atom stereocenters. The molecule has 1 N–H and O–H groups in total. The maximum Gasteiger partial charge on any atom is 0.167 e. The van der Waals surface area contributed by atoms with Crippen LogP contribution >= 0.6 is 0 Å². The largest absolute Gasteiger partial charge is 0.493 e. The lowest BCUT2D eigenvalue weighted by atomic mass is 9.89. The van der Waals surface area contributed by atoms with Crippen molar-refractivity contribution in [2.75, 3.05) is 27.3 Å². The molecule has 1 aliphatic heterocycles. The molecule has 146 valence electrons. The Morgan fingerprint density at radius 3 is 2.70 bits per heavy atom. The molecule has 1 aromatic heterocycles. The number of hydrogen-bond acceptors (Lipinski definition) is 5. The zero-order valence-electron chi connectivity index (χ0n) is 16.6. The van der Waals surface area contributed by atoms with Gasteiger partial charge in [0.2, 0.25) is 0 Å². The monoisotopic (exact) mass is 371 g/mol. The van der Waals surface area contributed by atoms with Crippen LogP contribution < -0.4 is 9.47 Å². The van der Waals surface area contributed by atoms with Gasteiger partial charge in [0.05, 0.1) is 19.9 Å². The Morgan fingerprint density at radius 2 is 2.04 bits per heavy atom. The number of ketones is 1. The first kappa shape index (κ1) is 19.4. The number of likely N-dealkylation sites (tertiary alicyclic amines) is 1. The molecular formula is C21H29N3O3. The number of carbonyl (C=O) groups excluding carboxylic acids is 1. The van der Waals surface area contributed by atoms with Crippen LogP contribution in [0.1, 0.15) is 54.4 Å². The minimum Gasteiger partial charge on any atom is -0.493 e. The van der Waals surface area contributed by atoms with E-state index in [-0.39, 0.29) is 11.7 Å². The predicted octanol–water partition coefficient (Wildman–Crippen LogP) is 3.65. The van der Waals surface area contributed by atoms with Crippen LogP contribution in [-0.4, -0.2) is 48.2 Å². The highest BCUT2D eigenvalue weighted by Crippen LogP contribution is 2.30. The second-order valence-electron chi connectivity index (χ2n) is 7.48. The predicted molar refractivity (Wildman–Crippen MR) is 105 cm³/mol. The third-order valence-electron chi connectivity index (χ3n) is 5.18. The number of nitrogens with zero attached hydrogens (tertiary/aromatic N) is 2. The average Bonchev–Trinajstić information content (AvgIpc) is 3.16. The van der Waals surface area contributed by atoms with E-state index < -0.39 is 0 Å². The van der Waals surface area contributed by atoms with Gasteiger partial charge in [-0.25, -0.2) is 0 Å². The van der Waals surface area contributed by atoms with Gasteiger partial charge < -0.3 is 9.47 Å². The number of aromatic amines is 1. The molecule has 3 rings (SSSR count). The van der Waals surface area contributed by atoms with Gasteiger partial charge in [-0.05, 0) is 49.6 Å². The minimum absolute atomic E-state index is 0.00402. The van der Waals surface area contributed by atoms with E-state index in [2.05, 4.69) is 35.0 Å². The van der Waals surface area contributed by atoms with Crippen molar-refractivity contribution in [3.63, 3.8) is 0 Å². The van der Waals surface area contributed by atoms with E-state index >= 15 is 0 Å². The molecule has 1 fully saturated rings. The summed E-state index contributed by atoms with van der Waals surface area (Å²) in [5, 5.41) is 7.50. The summed E-state index contributed by atoms with van der Waals surface area (Å²) in [6.45, 7) is 6.85. The molecule has 0 aliphatic carbocycles. The molecule has 2 heterocycles. The number of Topliss-reactive ketones (excluding diaryl/α,β-unsaturated/α-hetero) is 1. The first-order valence-electron chi connectivity index (χ1n) is 9.54. The van der Waals surface area contributed by atoms with Crippen LogP contribution in [0.15, 0.2) is 24.3 Å². The molecule has 27 heavy (non-hydrogen) atoms. The summed E-state index contributed by atoms with van der Waals surface area (Å²) in [5.41, 5.74) is 2.88. The number of nitrogens with one attached hydrogen (secondary N) is 1. The highest BCUT2D eigenvalue weighted by Gasteiger charge is 2.27. The highest BCUT2D eigenvalue weighted by molar-refractivity contribution is 5.98. The zero-order valence-corrected chi connectivity index (χ0v) is 16.6. The van der Waals surface area contributed by atoms with E-state index in [4.69, 9.17) is 9.47 Å². The SMILES string of the molecule is COc1ccc(C(=O)C2CCCN(Cc3cc(C(C)C)n[nH]3)C2)cc1OC. The molecule has 0 spiro atoms. The average molecular weight is 371 g/mol. The number of carbonyl (C=O) groups is 1. The Labute approximate surface area is 160 Å². The molecule has 1 aromatic carbocycles. The molecule has 6 nitrogen and oxygen atoms in total. The summed E-state index contributed by atoms with van der Waals surface area (Å²) in [6.07, 6.45) is 1.94. The molecule has 0 bridgehead atoms. The van der Waals surface area contributed by atoms with Crippen LogP contribution in [0.25, 0.3) is 0 Å². The molecule has 1 saturated heterocycles. The lowest BCUT2D eigenvalue weighted by molar-refractivity contribution is 0.0809. The Balaban J connectivity index is 1.67. The van der Waals surface area contributed by atoms with Crippen molar-refractivity contribution < 1.29 is 14.3 Å². The van der Waals surface area contributed by atoms with Crippen LogP contribution in [-0.2, 0) is 6.54 Å². The van der Waals surface area contributed by atoms with E-state index in [0.29, 0.717) is 23.0 Å². The van der Waals surface area contributed by atoms with Gasteiger partial charge >= 0.3 is 0 Å². The van der Waals surface area contributed by atoms with Crippen LogP contribution in [0.2, 0.25) is 0 Å². The number of piperidine rings is 1. The number of ether oxygens (including phenoxy) is 2. The van der Waals surface area contributed by atoms with Crippen LogP contribution in [0.4, 0.5) is 0 Å². The van der Waals surface area contributed by atoms with Crippen LogP contribution in [0.5, 0.6) is 11.5 Å². The van der Waals surface area contributed by atoms with E-state index in [1.807, 2.05) is 6.07 Å². The van der Waals surface area contributed by atoms with Gasteiger partial charge in [0.1, 0.15) is 0 Å². The van der Waals surface area contributed by atoms with Crippen molar-refractivity contribution >= 4 is 5.78 Å². The fourth-order valence-corrected chi connectivity index (χ4v) is 3.64. The Morgan fingerprint density at radius 1 is 1.26 bits per heavy atom. The third-order valence-corrected chi connectivity index (χ3v) is 5.18. The van der Waals surface area contributed by atoms with Crippen molar-refractivity contribution in [3.05, 3.63) is 41.2 Å². The van der Waals surface area contributed by atoms with E-state index in [1.54, 1.807) is 26.4 Å². The van der Waals surface area contributed by atoms with Gasteiger partial charge in [-0.2, -0.15) is 5.10 Å². The maximum atomic E-state index is 13.0. The summed E-state index contributed by atoms with van der Waals surface area (Å²) < 4.78 is 10.6. The van der Waals surface area contributed by atoms with Crippen molar-refractivity contribution in [2.24, 2.45) is 5.92 Å². The molecule has 0 radical (unpaired) electrons. The maximum absolute atomic E-state index is 13.0. The molecule has 2 aromatic rings. The normalized spacial score (nSPS) is 17.9. The number of benzene rings is 1. The number of aromatic nitrogens is 2. The molecule has 1 aliphatic rings.